The minimum atomic E-state index is -2.42. The average molecular weight is 236 g/mol. The summed E-state index contributed by atoms with van der Waals surface area (Å²) in [6.45, 7) is 6.15. The normalized spacial score (nSPS) is 14.8. The molecule has 0 rings (SSSR count). The molecule has 0 fully saturated rings. The van der Waals surface area contributed by atoms with Crippen LogP contribution in [0.15, 0.2) is 0 Å². The molecule has 0 spiro atoms. The number of aliphatic hydroxyl groups excluding tert-OH is 1. The first-order valence-corrected chi connectivity index (χ1v) is 4.98. The largest absolute Gasteiger partial charge is 0.461 e. The molecule has 2 atom stereocenters. The molecule has 0 aliphatic heterocycles. The molecular formula is C10H17FO5. The van der Waals surface area contributed by atoms with Gasteiger partial charge in [-0.3, -0.25) is 0 Å². The zero-order valence-electron chi connectivity index (χ0n) is 9.77. The van der Waals surface area contributed by atoms with E-state index in [1.54, 1.807) is 13.8 Å². The molecule has 0 aliphatic rings. The van der Waals surface area contributed by atoms with Crippen molar-refractivity contribution in [3.8, 4) is 0 Å². The van der Waals surface area contributed by atoms with Gasteiger partial charge in [-0.15, -0.1) is 0 Å². The highest BCUT2D eigenvalue weighted by Gasteiger charge is 2.35. The molecule has 0 saturated carbocycles. The lowest BCUT2D eigenvalue weighted by molar-refractivity contribution is -0.172. The van der Waals surface area contributed by atoms with Crippen LogP contribution in [0.1, 0.15) is 27.7 Å². The molecule has 6 heteroatoms. The number of esters is 2. The zero-order chi connectivity index (χ0) is 12.9. The Hall–Kier alpha value is -1.17. The van der Waals surface area contributed by atoms with Crippen molar-refractivity contribution in [2.24, 2.45) is 0 Å². The molecule has 0 aromatic carbocycles. The Kier molecular flexibility index (Phi) is 5.95. The first-order valence-electron chi connectivity index (χ1n) is 4.98. The van der Waals surface area contributed by atoms with Crippen molar-refractivity contribution in [3.05, 3.63) is 0 Å². The molecular weight excluding hydrogens is 219 g/mol. The molecule has 0 radical (unpaired) electrons. The number of carbonyl (C=O) groups excluding carboxylic acids is 2. The summed E-state index contributed by atoms with van der Waals surface area (Å²) >= 11 is 0. The van der Waals surface area contributed by atoms with Gasteiger partial charge in [0, 0.05) is 0 Å². The summed E-state index contributed by atoms with van der Waals surface area (Å²) in [5.74, 6) is -2.45. The van der Waals surface area contributed by atoms with Crippen molar-refractivity contribution in [3.63, 3.8) is 0 Å². The minimum absolute atomic E-state index is 0.490. The van der Waals surface area contributed by atoms with E-state index in [1.807, 2.05) is 0 Å². The average Bonchev–Trinajstić information content (AvgIpc) is 2.13. The summed E-state index contributed by atoms with van der Waals surface area (Å²) in [7, 11) is 0. The van der Waals surface area contributed by atoms with Gasteiger partial charge in [-0.2, -0.15) is 0 Å². The van der Waals surface area contributed by atoms with E-state index in [9.17, 15) is 14.0 Å². The Labute approximate surface area is 93.5 Å². The molecule has 5 nitrogen and oxygen atoms in total. The van der Waals surface area contributed by atoms with E-state index in [0.717, 1.165) is 0 Å². The molecule has 0 aromatic heterocycles. The predicted molar refractivity (Wildman–Crippen MR) is 53.4 cm³/mol. The quantitative estimate of drug-likeness (QED) is 0.707. The molecule has 0 amide bonds. The number of hydrogen-bond donors (Lipinski definition) is 1. The summed E-state index contributed by atoms with van der Waals surface area (Å²) in [6, 6.07) is 0. The Morgan fingerprint density at radius 3 is 1.75 bits per heavy atom. The van der Waals surface area contributed by atoms with Gasteiger partial charge < -0.3 is 14.6 Å². The maximum Gasteiger partial charge on any atom is 0.344 e. The molecule has 0 bridgehead atoms. The number of alkyl halides is 1. The fourth-order valence-electron chi connectivity index (χ4n) is 0.848. The second kappa shape index (κ2) is 6.42. The molecule has 16 heavy (non-hydrogen) atoms. The summed E-state index contributed by atoms with van der Waals surface area (Å²) in [5.41, 5.74) is 0. The number of rotatable bonds is 5. The Morgan fingerprint density at radius 1 is 1.00 bits per heavy atom. The summed E-state index contributed by atoms with van der Waals surface area (Å²) in [5, 5.41) is 9.17. The highest BCUT2D eigenvalue weighted by molar-refractivity contribution is 5.85. The molecule has 0 unspecified atom stereocenters. The van der Waals surface area contributed by atoms with Gasteiger partial charge in [-0.1, -0.05) is 0 Å². The van der Waals surface area contributed by atoms with Gasteiger partial charge in [0.15, 0.2) is 6.10 Å². The van der Waals surface area contributed by atoms with Gasteiger partial charge in [0.05, 0.1) is 12.2 Å². The summed E-state index contributed by atoms with van der Waals surface area (Å²) in [4.78, 5) is 22.1. The first kappa shape index (κ1) is 14.8. The van der Waals surface area contributed by atoms with Crippen molar-refractivity contribution < 1.29 is 28.6 Å². The van der Waals surface area contributed by atoms with E-state index in [2.05, 4.69) is 9.47 Å². The number of carbonyl (C=O) groups is 2. The van der Waals surface area contributed by atoms with Crippen molar-refractivity contribution >= 4 is 11.9 Å². The standard InChI is InChI=1S/C10H17FO5/c1-5(2)15-9(13)7(11)8(12)10(14)16-6(3)4/h5-8,12H,1-4H3/t7-,8-/m1/s1. The summed E-state index contributed by atoms with van der Waals surface area (Å²) < 4.78 is 22.3. The number of ether oxygens (including phenoxy) is 2. The third-order valence-electron chi connectivity index (χ3n) is 1.45. The van der Waals surface area contributed by atoms with Crippen LogP contribution in [0.5, 0.6) is 0 Å². The fourth-order valence-corrected chi connectivity index (χ4v) is 0.848. The Balaban J connectivity index is 4.31. The second-order valence-corrected chi connectivity index (χ2v) is 3.82. The first-order chi connectivity index (χ1) is 7.25. The lowest BCUT2D eigenvalue weighted by Crippen LogP contribution is -2.40. The van der Waals surface area contributed by atoms with Crippen LogP contribution in [-0.4, -0.2) is 41.5 Å². The number of hydrogen-bond acceptors (Lipinski definition) is 5. The van der Waals surface area contributed by atoms with Crippen LogP contribution < -0.4 is 0 Å². The van der Waals surface area contributed by atoms with E-state index in [1.165, 1.54) is 13.8 Å². The van der Waals surface area contributed by atoms with Crippen molar-refractivity contribution in [2.75, 3.05) is 0 Å². The highest BCUT2D eigenvalue weighted by atomic mass is 19.1. The van der Waals surface area contributed by atoms with Crippen molar-refractivity contribution in [1.82, 2.24) is 0 Å². The SMILES string of the molecule is CC(C)OC(=O)[C@H](O)[C@@H](F)C(=O)OC(C)C. The van der Waals surface area contributed by atoms with Crippen LogP contribution in [0.2, 0.25) is 0 Å². The van der Waals surface area contributed by atoms with Gasteiger partial charge in [-0.25, -0.2) is 14.0 Å². The maximum atomic E-state index is 13.2. The predicted octanol–water partition coefficient (Wildman–Crippen LogP) is 0.589. The molecule has 94 valence electrons. The van der Waals surface area contributed by atoms with Gasteiger partial charge in [0.1, 0.15) is 0 Å². The smallest absolute Gasteiger partial charge is 0.344 e. The van der Waals surface area contributed by atoms with Crippen LogP contribution in [0, 0.1) is 0 Å². The van der Waals surface area contributed by atoms with Gasteiger partial charge in [-0.05, 0) is 27.7 Å². The van der Waals surface area contributed by atoms with Gasteiger partial charge in [0.2, 0.25) is 6.17 Å². The van der Waals surface area contributed by atoms with Crippen molar-refractivity contribution in [2.45, 2.75) is 52.2 Å². The number of aliphatic hydroxyl groups is 1. The zero-order valence-corrected chi connectivity index (χ0v) is 9.77. The van der Waals surface area contributed by atoms with Gasteiger partial charge in [0.25, 0.3) is 0 Å². The Bertz CT molecular complexity index is 226. The van der Waals surface area contributed by atoms with E-state index in [4.69, 9.17) is 5.11 Å². The highest BCUT2D eigenvalue weighted by Crippen LogP contribution is 2.07. The van der Waals surface area contributed by atoms with Crippen LogP contribution in [0.4, 0.5) is 4.39 Å². The number of halogens is 1. The topological polar surface area (TPSA) is 72.8 Å². The molecule has 0 saturated heterocycles. The van der Waals surface area contributed by atoms with Gasteiger partial charge >= 0.3 is 11.9 Å². The maximum absolute atomic E-state index is 13.2. The van der Waals surface area contributed by atoms with E-state index in [0.29, 0.717) is 0 Å². The minimum Gasteiger partial charge on any atom is -0.461 e. The third-order valence-corrected chi connectivity index (χ3v) is 1.45. The second-order valence-electron chi connectivity index (χ2n) is 3.82. The third kappa shape index (κ3) is 5.06. The molecule has 0 aliphatic carbocycles. The lowest BCUT2D eigenvalue weighted by Gasteiger charge is -2.16. The van der Waals surface area contributed by atoms with Crippen molar-refractivity contribution in [1.29, 1.82) is 0 Å². The molecule has 0 heterocycles. The fraction of sp³-hybridized carbons (Fsp3) is 0.800. The van der Waals surface area contributed by atoms with E-state index < -0.39 is 36.4 Å². The lowest BCUT2D eigenvalue weighted by atomic mass is 10.2. The van der Waals surface area contributed by atoms with E-state index in [-0.39, 0.29) is 0 Å². The summed E-state index contributed by atoms with van der Waals surface area (Å²) in [6.07, 6.45) is -5.57. The molecule has 1 N–H and O–H groups in total. The van der Waals surface area contributed by atoms with Crippen LogP contribution in [0.25, 0.3) is 0 Å². The van der Waals surface area contributed by atoms with Crippen LogP contribution in [0.3, 0.4) is 0 Å². The monoisotopic (exact) mass is 236 g/mol. The van der Waals surface area contributed by atoms with E-state index >= 15 is 0 Å². The van der Waals surface area contributed by atoms with Crippen LogP contribution in [-0.2, 0) is 19.1 Å². The van der Waals surface area contributed by atoms with Crippen LogP contribution >= 0.6 is 0 Å². The molecule has 0 aromatic rings. The Morgan fingerprint density at radius 2 is 1.38 bits per heavy atom.